The van der Waals surface area contributed by atoms with E-state index in [1.54, 1.807) is 7.11 Å². The summed E-state index contributed by atoms with van der Waals surface area (Å²) in [6.07, 6.45) is 2.05. The lowest BCUT2D eigenvalue weighted by Crippen LogP contribution is -2.47. The summed E-state index contributed by atoms with van der Waals surface area (Å²) in [6, 6.07) is 8.39. The van der Waals surface area contributed by atoms with Crippen molar-refractivity contribution in [3.63, 3.8) is 0 Å². The van der Waals surface area contributed by atoms with Gasteiger partial charge in [-0.25, -0.2) is 0 Å². The fourth-order valence-electron chi connectivity index (χ4n) is 4.43. The highest BCUT2D eigenvalue weighted by atomic mass is 16.5. The van der Waals surface area contributed by atoms with Gasteiger partial charge in [0.05, 0.1) is 7.11 Å². The van der Waals surface area contributed by atoms with Crippen molar-refractivity contribution in [2.75, 3.05) is 43.1 Å². The lowest BCUT2D eigenvalue weighted by atomic mass is 9.94. The normalized spacial score (nSPS) is 17.1. The van der Waals surface area contributed by atoms with E-state index in [9.17, 15) is 0 Å². The molecular weight excluding hydrogens is 336 g/mol. The molecule has 0 spiro atoms. The number of ether oxygens (including phenoxy) is 2. The molecule has 2 aliphatic heterocycles. The first-order chi connectivity index (χ1) is 13.0. The summed E-state index contributed by atoms with van der Waals surface area (Å²) in [6.45, 7) is 12.9. The molecule has 1 fully saturated rings. The Kier molecular flexibility index (Phi) is 4.67. The van der Waals surface area contributed by atoms with E-state index in [0.717, 1.165) is 50.2 Å². The third-order valence-corrected chi connectivity index (χ3v) is 6.08. The molecule has 0 N–H and O–H groups in total. The van der Waals surface area contributed by atoms with Crippen molar-refractivity contribution in [2.24, 2.45) is 0 Å². The van der Waals surface area contributed by atoms with Gasteiger partial charge in [-0.3, -0.25) is 0 Å². The standard InChI is InChI=1S/C23H29N2O2/c1-15-14-21-18(4)22(16(2)17(3)23(21)27-15)25-12-10-24(11-13-25)19-6-8-20(26-5)9-7-19/h6-9H,10-14H2,1-5H3. The quantitative estimate of drug-likeness (QED) is 0.803. The Morgan fingerprint density at radius 2 is 1.44 bits per heavy atom. The van der Waals surface area contributed by atoms with Crippen molar-refractivity contribution >= 4 is 11.4 Å². The molecule has 0 atom stereocenters. The number of anilines is 2. The smallest absolute Gasteiger partial charge is 0.150 e. The minimum atomic E-state index is 0.909. The molecule has 143 valence electrons. The van der Waals surface area contributed by atoms with Crippen LogP contribution in [0.4, 0.5) is 11.4 Å². The van der Waals surface area contributed by atoms with E-state index in [1.165, 1.54) is 33.6 Å². The summed E-state index contributed by atoms with van der Waals surface area (Å²) < 4.78 is 11.3. The van der Waals surface area contributed by atoms with Gasteiger partial charge in [0.1, 0.15) is 17.6 Å². The molecule has 2 heterocycles. The first-order valence-electron chi connectivity index (χ1n) is 9.76. The van der Waals surface area contributed by atoms with E-state index in [4.69, 9.17) is 9.47 Å². The highest BCUT2D eigenvalue weighted by Gasteiger charge is 2.30. The predicted molar refractivity (Wildman–Crippen MR) is 111 cm³/mol. The fourth-order valence-corrected chi connectivity index (χ4v) is 4.43. The fraction of sp³-hybridized carbons (Fsp3) is 0.435. The lowest BCUT2D eigenvalue weighted by molar-refractivity contribution is 0.359. The number of methoxy groups -OCH3 is 1. The van der Waals surface area contributed by atoms with Crippen molar-refractivity contribution in [2.45, 2.75) is 34.1 Å². The maximum Gasteiger partial charge on any atom is 0.150 e. The summed E-state index contributed by atoms with van der Waals surface area (Å²) in [7, 11) is 1.71. The minimum Gasteiger partial charge on any atom is -0.497 e. The minimum absolute atomic E-state index is 0.909. The van der Waals surface area contributed by atoms with E-state index in [0.29, 0.717) is 0 Å². The molecule has 1 saturated heterocycles. The number of hydrogen-bond donors (Lipinski definition) is 0. The number of rotatable bonds is 3. The first-order valence-corrected chi connectivity index (χ1v) is 9.76. The molecule has 2 aliphatic rings. The van der Waals surface area contributed by atoms with Gasteiger partial charge in [0.15, 0.2) is 0 Å². The van der Waals surface area contributed by atoms with Crippen molar-refractivity contribution in [1.82, 2.24) is 0 Å². The van der Waals surface area contributed by atoms with E-state index < -0.39 is 0 Å². The van der Waals surface area contributed by atoms with Gasteiger partial charge in [-0.05, 0) is 68.7 Å². The maximum atomic E-state index is 6.02. The largest absolute Gasteiger partial charge is 0.497 e. The number of benzene rings is 2. The lowest BCUT2D eigenvalue weighted by Gasteiger charge is -2.39. The van der Waals surface area contributed by atoms with Gasteiger partial charge in [0.25, 0.3) is 0 Å². The summed E-state index contributed by atoms with van der Waals surface area (Å²) in [5, 5.41) is 0. The van der Waals surface area contributed by atoms with Gasteiger partial charge < -0.3 is 19.3 Å². The zero-order chi connectivity index (χ0) is 19.1. The average Bonchev–Trinajstić information content (AvgIpc) is 3.09. The molecule has 27 heavy (non-hydrogen) atoms. The Balaban J connectivity index is 1.55. The third kappa shape index (κ3) is 3.11. The van der Waals surface area contributed by atoms with Crippen LogP contribution in [-0.4, -0.2) is 33.3 Å². The van der Waals surface area contributed by atoms with Crippen LogP contribution in [0.25, 0.3) is 0 Å². The second-order valence-electron chi connectivity index (χ2n) is 7.68. The van der Waals surface area contributed by atoms with Crippen LogP contribution in [0, 0.1) is 26.9 Å². The van der Waals surface area contributed by atoms with Crippen LogP contribution in [0.1, 0.15) is 29.2 Å². The Morgan fingerprint density at radius 1 is 0.815 bits per heavy atom. The highest BCUT2D eigenvalue weighted by molar-refractivity contribution is 5.70. The SMILES string of the molecule is COc1ccc(N2CCN(c3c(C)c(C)c4c(c3C)C[C](C)O4)CC2)cc1. The van der Waals surface area contributed by atoms with Gasteiger partial charge in [0, 0.05) is 49.5 Å². The molecule has 4 rings (SSSR count). The molecule has 4 heteroatoms. The Morgan fingerprint density at radius 3 is 2.07 bits per heavy atom. The Hall–Kier alpha value is -2.36. The molecule has 4 nitrogen and oxygen atoms in total. The third-order valence-electron chi connectivity index (χ3n) is 6.08. The zero-order valence-electron chi connectivity index (χ0n) is 17.1. The van der Waals surface area contributed by atoms with Crippen LogP contribution in [0.5, 0.6) is 11.5 Å². The second kappa shape index (κ2) is 6.99. The van der Waals surface area contributed by atoms with Gasteiger partial charge in [0.2, 0.25) is 0 Å². The molecule has 2 aromatic carbocycles. The molecule has 0 unspecified atom stereocenters. The van der Waals surface area contributed by atoms with Crippen LogP contribution in [0.2, 0.25) is 0 Å². The van der Waals surface area contributed by atoms with Crippen molar-refractivity contribution in [3.05, 3.63) is 52.6 Å². The Bertz CT molecular complexity index is 837. The molecule has 0 aliphatic carbocycles. The Labute approximate surface area is 162 Å². The van der Waals surface area contributed by atoms with Crippen LogP contribution in [0.3, 0.4) is 0 Å². The van der Waals surface area contributed by atoms with Gasteiger partial charge in [-0.15, -0.1) is 0 Å². The first kappa shape index (κ1) is 18.0. The van der Waals surface area contributed by atoms with Crippen molar-refractivity contribution < 1.29 is 9.47 Å². The van der Waals surface area contributed by atoms with Crippen molar-refractivity contribution in [3.8, 4) is 11.5 Å². The van der Waals surface area contributed by atoms with Crippen LogP contribution >= 0.6 is 0 Å². The molecular formula is C23H29N2O2. The summed E-state index contributed by atoms with van der Waals surface area (Å²) in [5.41, 5.74) is 8.11. The summed E-state index contributed by atoms with van der Waals surface area (Å²) in [4.78, 5) is 5.02. The average molecular weight is 365 g/mol. The molecule has 1 radical (unpaired) electrons. The number of piperazine rings is 1. The highest BCUT2D eigenvalue weighted by Crippen LogP contribution is 2.44. The van der Waals surface area contributed by atoms with Gasteiger partial charge in [-0.1, -0.05) is 0 Å². The topological polar surface area (TPSA) is 24.9 Å². The van der Waals surface area contributed by atoms with E-state index in [-0.39, 0.29) is 0 Å². The summed E-state index contributed by atoms with van der Waals surface area (Å²) >= 11 is 0. The molecule has 0 aromatic heterocycles. The summed E-state index contributed by atoms with van der Waals surface area (Å²) in [5.74, 6) is 2.01. The zero-order valence-corrected chi connectivity index (χ0v) is 17.1. The van der Waals surface area contributed by atoms with Gasteiger partial charge >= 0.3 is 0 Å². The van der Waals surface area contributed by atoms with Crippen molar-refractivity contribution in [1.29, 1.82) is 0 Å². The maximum absolute atomic E-state index is 6.02. The van der Waals surface area contributed by atoms with Crippen LogP contribution < -0.4 is 19.3 Å². The monoisotopic (exact) mass is 365 g/mol. The molecule has 2 aromatic rings. The molecule has 0 amide bonds. The number of nitrogens with zero attached hydrogens (tertiary/aromatic N) is 2. The second-order valence-corrected chi connectivity index (χ2v) is 7.68. The molecule has 0 saturated carbocycles. The number of hydrogen-bond acceptors (Lipinski definition) is 4. The van der Waals surface area contributed by atoms with Gasteiger partial charge in [-0.2, -0.15) is 0 Å². The molecule has 0 bridgehead atoms. The number of fused-ring (bicyclic) bond motifs is 1. The predicted octanol–water partition coefficient (Wildman–Crippen LogP) is 4.43. The van der Waals surface area contributed by atoms with E-state index >= 15 is 0 Å². The van der Waals surface area contributed by atoms with E-state index in [2.05, 4.69) is 49.6 Å². The van der Waals surface area contributed by atoms with E-state index in [1.807, 2.05) is 12.1 Å². The van der Waals surface area contributed by atoms with Crippen LogP contribution in [0.15, 0.2) is 24.3 Å². The van der Waals surface area contributed by atoms with Crippen LogP contribution in [-0.2, 0) is 6.42 Å².